The Morgan fingerprint density at radius 1 is 1.50 bits per heavy atom. The van der Waals surface area contributed by atoms with E-state index in [1.165, 1.54) is 12.4 Å². The number of aromatic nitrogens is 2. The summed E-state index contributed by atoms with van der Waals surface area (Å²) in [6.07, 6.45) is 3.49. The van der Waals surface area contributed by atoms with Crippen LogP contribution in [0.25, 0.3) is 0 Å². The van der Waals surface area contributed by atoms with Gasteiger partial charge in [0.25, 0.3) is 0 Å². The first-order valence-electron chi connectivity index (χ1n) is 4.00. The first-order valence-corrected chi connectivity index (χ1v) is 4.00. The Kier molecular flexibility index (Phi) is 1.67. The minimum absolute atomic E-state index is 0.399. The van der Waals surface area contributed by atoms with Gasteiger partial charge in [-0.1, -0.05) is 6.92 Å². The molecule has 1 aliphatic rings. The van der Waals surface area contributed by atoms with Crippen LogP contribution >= 0.6 is 0 Å². The third-order valence-electron chi connectivity index (χ3n) is 2.04. The molecule has 0 aliphatic heterocycles. The summed E-state index contributed by atoms with van der Waals surface area (Å²) in [6.45, 7) is 2.15. The van der Waals surface area contributed by atoms with Gasteiger partial charge in [-0.05, 0) is 12.3 Å². The molecule has 1 N–H and O–H groups in total. The molecule has 1 aromatic heterocycles. The molecule has 2 atom stereocenters. The molecule has 64 valence electrons. The zero-order chi connectivity index (χ0) is 8.55. The van der Waals surface area contributed by atoms with Gasteiger partial charge in [0.1, 0.15) is 0 Å². The largest absolute Gasteiger partial charge is 0.351 e. The van der Waals surface area contributed by atoms with Gasteiger partial charge in [0.05, 0.1) is 12.4 Å². The van der Waals surface area contributed by atoms with Gasteiger partial charge in [-0.25, -0.2) is 14.4 Å². The molecule has 12 heavy (non-hydrogen) atoms. The maximum atomic E-state index is 12.4. The summed E-state index contributed by atoms with van der Waals surface area (Å²) in [5.41, 5.74) is 0. The van der Waals surface area contributed by atoms with Crippen molar-refractivity contribution in [3.8, 4) is 0 Å². The van der Waals surface area contributed by atoms with Crippen LogP contribution in [0.2, 0.25) is 0 Å². The summed E-state index contributed by atoms with van der Waals surface area (Å²) < 4.78 is 12.4. The van der Waals surface area contributed by atoms with Crippen molar-refractivity contribution in [3.63, 3.8) is 0 Å². The van der Waals surface area contributed by atoms with Gasteiger partial charge in [0, 0.05) is 6.04 Å². The first kappa shape index (κ1) is 7.46. The molecule has 0 amide bonds. The summed E-state index contributed by atoms with van der Waals surface area (Å²) in [5, 5.41) is 3.10. The van der Waals surface area contributed by atoms with Crippen LogP contribution < -0.4 is 5.32 Å². The van der Waals surface area contributed by atoms with E-state index in [1.807, 2.05) is 0 Å². The van der Waals surface area contributed by atoms with Crippen LogP contribution in [0.15, 0.2) is 12.4 Å². The van der Waals surface area contributed by atoms with E-state index in [-0.39, 0.29) is 0 Å². The molecule has 4 heteroatoms. The molecular weight excluding hydrogens is 157 g/mol. The van der Waals surface area contributed by atoms with E-state index in [0.29, 0.717) is 17.9 Å². The average molecular weight is 167 g/mol. The number of rotatable bonds is 2. The van der Waals surface area contributed by atoms with Crippen molar-refractivity contribution in [1.29, 1.82) is 0 Å². The predicted molar refractivity (Wildman–Crippen MR) is 43.2 cm³/mol. The molecule has 1 aromatic rings. The Morgan fingerprint density at radius 2 is 2.08 bits per heavy atom. The summed E-state index contributed by atoms with van der Waals surface area (Å²) in [5.74, 6) is 0.814. The quantitative estimate of drug-likeness (QED) is 0.724. The van der Waals surface area contributed by atoms with E-state index in [9.17, 15) is 4.39 Å². The van der Waals surface area contributed by atoms with Crippen molar-refractivity contribution in [2.24, 2.45) is 5.92 Å². The van der Waals surface area contributed by atoms with Gasteiger partial charge in [0.15, 0.2) is 5.82 Å². The number of halogens is 1. The molecule has 3 nitrogen and oxygen atoms in total. The lowest BCUT2D eigenvalue weighted by Gasteiger charge is -2.00. The second-order valence-corrected chi connectivity index (χ2v) is 3.19. The monoisotopic (exact) mass is 167 g/mol. The van der Waals surface area contributed by atoms with Crippen molar-refractivity contribution in [1.82, 2.24) is 9.97 Å². The van der Waals surface area contributed by atoms with Crippen LogP contribution in [0.1, 0.15) is 13.3 Å². The van der Waals surface area contributed by atoms with Gasteiger partial charge < -0.3 is 5.32 Å². The summed E-state index contributed by atoms with van der Waals surface area (Å²) in [6, 6.07) is 0.482. The molecule has 2 rings (SSSR count). The molecule has 0 bridgehead atoms. The van der Waals surface area contributed by atoms with Crippen LogP contribution in [-0.4, -0.2) is 16.0 Å². The van der Waals surface area contributed by atoms with Gasteiger partial charge in [-0.3, -0.25) is 0 Å². The maximum absolute atomic E-state index is 12.4. The normalized spacial score (nSPS) is 26.8. The molecule has 1 aliphatic carbocycles. The van der Waals surface area contributed by atoms with Crippen molar-refractivity contribution < 1.29 is 4.39 Å². The zero-order valence-electron chi connectivity index (χ0n) is 6.79. The minimum atomic E-state index is -0.399. The van der Waals surface area contributed by atoms with Crippen molar-refractivity contribution >= 4 is 5.95 Å². The molecule has 0 aromatic carbocycles. The van der Waals surface area contributed by atoms with Gasteiger partial charge in [0.2, 0.25) is 5.95 Å². The maximum Gasteiger partial charge on any atom is 0.223 e. The lowest BCUT2D eigenvalue weighted by Crippen LogP contribution is -2.06. The number of nitrogens with one attached hydrogen (secondary N) is 1. The first-order chi connectivity index (χ1) is 5.75. The molecule has 0 saturated heterocycles. The topological polar surface area (TPSA) is 37.8 Å². The highest BCUT2D eigenvalue weighted by atomic mass is 19.1. The van der Waals surface area contributed by atoms with Gasteiger partial charge in [-0.15, -0.1) is 0 Å². The highest BCUT2D eigenvalue weighted by Gasteiger charge is 2.32. The Bertz CT molecular complexity index is 272. The fraction of sp³-hybridized carbons (Fsp3) is 0.500. The number of hydrogen-bond acceptors (Lipinski definition) is 3. The zero-order valence-corrected chi connectivity index (χ0v) is 6.79. The Labute approximate surface area is 70.0 Å². The van der Waals surface area contributed by atoms with Crippen molar-refractivity contribution in [2.45, 2.75) is 19.4 Å². The Hall–Kier alpha value is -1.19. The summed E-state index contributed by atoms with van der Waals surface area (Å²) in [7, 11) is 0. The summed E-state index contributed by atoms with van der Waals surface area (Å²) >= 11 is 0. The fourth-order valence-corrected chi connectivity index (χ4v) is 1.08. The molecule has 0 radical (unpaired) electrons. The van der Waals surface area contributed by atoms with Crippen LogP contribution in [-0.2, 0) is 0 Å². The highest BCUT2D eigenvalue weighted by Crippen LogP contribution is 2.31. The molecular formula is C8H10FN3. The number of nitrogens with zero attached hydrogens (tertiary/aromatic N) is 2. The molecule has 1 saturated carbocycles. The predicted octanol–water partition coefficient (Wildman–Crippen LogP) is 1.44. The summed E-state index contributed by atoms with van der Waals surface area (Å²) in [4.78, 5) is 7.59. The molecule has 1 heterocycles. The SMILES string of the molecule is CC1CC1Nc1ncc(F)cn1. The fourth-order valence-electron chi connectivity index (χ4n) is 1.08. The van der Waals surface area contributed by atoms with Crippen LogP contribution in [0.5, 0.6) is 0 Å². The lowest BCUT2D eigenvalue weighted by atomic mass is 10.5. The Balaban J connectivity index is 2.00. The minimum Gasteiger partial charge on any atom is -0.351 e. The van der Waals surface area contributed by atoms with E-state index in [1.54, 1.807) is 0 Å². The third-order valence-corrected chi connectivity index (χ3v) is 2.04. The third kappa shape index (κ3) is 1.52. The Morgan fingerprint density at radius 3 is 2.58 bits per heavy atom. The van der Waals surface area contributed by atoms with Gasteiger partial charge >= 0.3 is 0 Å². The lowest BCUT2D eigenvalue weighted by molar-refractivity contribution is 0.614. The smallest absolute Gasteiger partial charge is 0.223 e. The van der Waals surface area contributed by atoms with Crippen LogP contribution in [0.3, 0.4) is 0 Å². The van der Waals surface area contributed by atoms with E-state index in [0.717, 1.165) is 6.42 Å². The second kappa shape index (κ2) is 2.69. The van der Waals surface area contributed by atoms with E-state index in [4.69, 9.17) is 0 Å². The van der Waals surface area contributed by atoms with E-state index in [2.05, 4.69) is 22.2 Å². The van der Waals surface area contributed by atoms with Crippen LogP contribution in [0.4, 0.5) is 10.3 Å². The number of hydrogen-bond donors (Lipinski definition) is 1. The van der Waals surface area contributed by atoms with E-state index < -0.39 is 5.82 Å². The van der Waals surface area contributed by atoms with Gasteiger partial charge in [-0.2, -0.15) is 0 Å². The van der Waals surface area contributed by atoms with E-state index >= 15 is 0 Å². The highest BCUT2D eigenvalue weighted by molar-refractivity contribution is 5.27. The average Bonchev–Trinajstić information content (AvgIpc) is 2.72. The molecule has 0 spiro atoms. The molecule has 1 fully saturated rings. The van der Waals surface area contributed by atoms with Crippen molar-refractivity contribution in [2.75, 3.05) is 5.32 Å². The number of anilines is 1. The molecule has 2 unspecified atom stereocenters. The second-order valence-electron chi connectivity index (χ2n) is 3.19. The standard InChI is InChI=1S/C8H10FN3/c1-5-2-7(5)12-8-10-3-6(9)4-11-8/h3-5,7H,2H2,1H3,(H,10,11,12). The van der Waals surface area contributed by atoms with Crippen molar-refractivity contribution in [3.05, 3.63) is 18.2 Å². The van der Waals surface area contributed by atoms with Crippen LogP contribution in [0, 0.1) is 11.7 Å².